The van der Waals surface area contributed by atoms with E-state index in [4.69, 9.17) is 14.3 Å². The van der Waals surface area contributed by atoms with Crippen LogP contribution in [0.5, 0.6) is 11.5 Å². The van der Waals surface area contributed by atoms with Gasteiger partial charge in [-0.2, -0.15) is 0 Å². The molecule has 0 unspecified atom stereocenters. The van der Waals surface area contributed by atoms with Crippen LogP contribution in [0, 0.1) is 13.8 Å². The number of oxime groups is 1. The molecular formula is C24H40N2O3. The van der Waals surface area contributed by atoms with Crippen LogP contribution in [0.2, 0.25) is 0 Å². The maximum atomic E-state index is 6.07. The average Bonchev–Trinajstić information content (AvgIpc) is 2.68. The van der Waals surface area contributed by atoms with Crippen molar-refractivity contribution < 1.29 is 14.3 Å². The summed E-state index contributed by atoms with van der Waals surface area (Å²) in [5.74, 6) is 1.89. The SMILES string of the molecule is C/C=C/COc1cc(C)c(OCCCCCCN(CC)CC(C)=NOC)c(C)c1. The lowest BCUT2D eigenvalue weighted by Gasteiger charge is -2.19. The zero-order valence-corrected chi connectivity index (χ0v) is 19.3. The minimum Gasteiger partial charge on any atom is -0.493 e. The minimum atomic E-state index is 0.601. The van der Waals surface area contributed by atoms with Gasteiger partial charge < -0.3 is 14.3 Å². The summed E-state index contributed by atoms with van der Waals surface area (Å²) >= 11 is 0. The molecule has 1 aromatic rings. The standard InChI is InChI=1S/C24H40N2O3/c1-7-9-15-28-23-17-20(3)24(21(4)18-23)29-16-13-11-10-12-14-26(8-2)19-22(5)25-27-6/h7,9,17-18H,8,10-16,19H2,1-6H3/b9-7+,25-22?. The highest BCUT2D eigenvalue weighted by Crippen LogP contribution is 2.28. The molecule has 0 fully saturated rings. The largest absolute Gasteiger partial charge is 0.493 e. The second-order valence-corrected chi connectivity index (χ2v) is 7.41. The van der Waals surface area contributed by atoms with E-state index in [1.165, 1.54) is 19.3 Å². The zero-order chi connectivity index (χ0) is 21.5. The molecule has 0 spiro atoms. The minimum absolute atomic E-state index is 0.601. The van der Waals surface area contributed by atoms with E-state index in [1.54, 1.807) is 7.11 Å². The molecule has 0 saturated heterocycles. The number of hydrogen-bond donors (Lipinski definition) is 0. The van der Waals surface area contributed by atoms with E-state index in [-0.39, 0.29) is 0 Å². The molecule has 0 aliphatic heterocycles. The van der Waals surface area contributed by atoms with Gasteiger partial charge in [-0.05, 0) is 76.9 Å². The predicted molar refractivity (Wildman–Crippen MR) is 122 cm³/mol. The average molecular weight is 405 g/mol. The van der Waals surface area contributed by atoms with Gasteiger partial charge in [0.15, 0.2) is 0 Å². The lowest BCUT2D eigenvalue weighted by atomic mass is 10.1. The lowest BCUT2D eigenvalue weighted by molar-refractivity contribution is 0.209. The summed E-state index contributed by atoms with van der Waals surface area (Å²) in [5.41, 5.74) is 3.28. The van der Waals surface area contributed by atoms with Gasteiger partial charge in [-0.3, -0.25) is 4.90 Å². The van der Waals surface area contributed by atoms with Crippen LogP contribution in [0.15, 0.2) is 29.4 Å². The first kappa shape index (κ1) is 25.0. The van der Waals surface area contributed by atoms with Gasteiger partial charge >= 0.3 is 0 Å². The molecule has 1 rings (SSSR count). The summed E-state index contributed by atoms with van der Waals surface area (Å²) in [6, 6.07) is 4.11. The Morgan fingerprint density at radius 1 is 1.07 bits per heavy atom. The molecule has 5 heteroatoms. The van der Waals surface area contributed by atoms with E-state index in [2.05, 4.69) is 43.0 Å². The summed E-state index contributed by atoms with van der Waals surface area (Å²) in [6.45, 7) is 14.7. The number of unbranched alkanes of at least 4 members (excludes halogenated alkanes) is 3. The fourth-order valence-electron chi connectivity index (χ4n) is 3.28. The Morgan fingerprint density at radius 3 is 2.38 bits per heavy atom. The Bertz CT molecular complexity index is 618. The fourth-order valence-corrected chi connectivity index (χ4v) is 3.28. The zero-order valence-electron chi connectivity index (χ0n) is 19.3. The number of rotatable bonds is 15. The number of ether oxygens (including phenoxy) is 2. The van der Waals surface area contributed by atoms with Gasteiger partial charge in [0.2, 0.25) is 0 Å². The first-order valence-electron chi connectivity index (χ1n) is 10.8. The second kappa shape index (κ2) is 14.9. The summed E-state index contributed by atoms with van der Waals surface area (Å²) in [7, 11) is 1.60. The highest BCUT2D eigenvalue weighted by atomic mass is 16.6. The van der Waals surface area contributed by atoms with Crippen LogP contribution in [0.1, 0.15) is 57.6 Å². The van der Waals surface area contributed by atoms with Crippen LogP contribution >= 0.6 is 0 Å². The summed E-state index contributed by atoms with van der Waals surface area (Å²) in [5, 5.41) is 4.00. The first-order chi connectivity index (χ1) is 14.0. The topological polar surface area (TPSA) is 43.3 Å². The first-order valence-corrected chi connectivity index (χ1v) is 10.8. The summed E-state index contributed by atoms with van der Waals surface area (Å²) < 4.78 is 11.8. The van der Waals surface area contributed by atoms with Crippen LogP contribution in [0.3, 0.4) is 0 Å². The summed E-state index contributed by atoms with van der Waals surface area (Å²) in [4.78, 5) is 7.24. The van der Waals surface area contributed by atoms with Crippen LogP contribution in [0.25, 0.3) is 0 Å². The van der Waals surface area contributed by atoms with Crippen molar-refractivity contribution in [2.45, 2.75) is 60.3 Å². The van der Waals surface area contributed by atoms with Crippen molar-refractivity contribution in [2.75, 3.05) is 40.0 Å². The smallest absolute Gasteiger partial charge is 0.125 e. The highest BCUT2D eigenvalue weighted by molar-refractivity contribution is 5.83. The molecular weight excluding hydrogens is 364 g/mol. The third-order valence-corrected chi connectivity index (χ3v) is 4.78. The number of aryl methyl sites for hydroxylation is 2. The van der Waals surface area contributed by atoms with Crippen molar-refractivity contribution in [3.05, 3.63) is 35.4 Å². The van der Waals surface area contributed by atoms with E-state index >= 15 is 0 Å². The molecule has 0 saturated carbocycles. The molecule has 0 amide bonds. The van der Waals surface area contributed by atoms with Gasteiger partial charge in [-0.25, -0.2) is 0 Å². The van der Waals surface area contributed by atoms with Crippen LogP contribution < -0.4 is 9.47 Å². The Hall–Kier alpha value is -2.01. The van der Waals surface area contributed by atoms with Gasteiger partial charge in [-0.1, -0.05) is 37.1 Å². The van der Waals surface area contributed by atoms with Crippen molar-refractivity contribution in [3.63, 3.8) is 0 Å². The Kier molecular flexibility index (Phi) is 12.9. The Labute approximate surface area is 177 Å². The van der Waals surface area contributed by atoms with Crippen molar-refractivity contribution in [1.29, 1.82) is 0 Å². The Morgan fingerprint density at radius 2 is 1.76 bits per heavy atom. The predicted octanol–water partition coefficient (Wildman–Crippen LogP) is 5.54. The quantitative estimate of drug-likeness (QED) is 0.167. The molecule has 1 aromatic carbocycles. The van der Waals surface area contributed by atoms with Gasteiger partial charge in [-0.15, -0.1) is 0 Å². The van der Waals surface area contributed by atoms with Crippen LogP contribution in [-0.2, 0) is 4.84 Å². The normalized spacial score (nSPS) is 12.0. The monoisotopic (exact) mass is 404 g/mol. The van der Waals surface area contributed by atoms with Gasteiger partial charge in [0.1, 0.15) is 25.2 Å². The molecule has 0 aliphatic rings. The van der Waals surface area contributed by atoms with E-state index in [0.717, 1.165) is 61.0 Å². The third-order valence-electron chi connectivity index (χ3n) is 4.78. The van der Waals surface area contributed by atoms with E-state index in [0.29, 0.717) is 6.61 Å². The summed E-state index contributed by atoms with van der Waals surface area (Å²) in [6.07, 6.45) is 8.68. The van der Waals surface area contributed by atoms with Crippen molar-refractivity contribution in [3.8, 4) is 11.5 Å². The second-order valence-electron chi connectivity index (χ2n) is 7.41. The van der Waals surface area contributed by atoms with E-state index in [9.17, 15) is 0 Å². The van der Waals surface area contributed by atoms with E-state index in [1.807, 2.05) is 26.0 Å². The number of benzene rings is 1. The van der Waals surface area contributed by atoms with Gasteiger partial charge in [0.25, 0.3) is 0 Å². The van der Waals surface area contributed by atoms with Crippen LogP contribution in [-0.4, -0.2) is 50.6 Å². The van der Waals surface area contributed by atoms with Gasteiger partial charge in [0.05, 0.1) is 12.3 Å². The molecule has 5 nitrogen and oxygen atoms in total. The van der Waals surface area contributed by atoms with Crippen molar-refractivity contribution >= 4 is 5.71 Å². The molecule has 0 aromatic heterocycles. The highest BCUT2D eigenvalue weighted by Gasteiger charge is 2.08. The van der Waals surface area contributed by atoms with Crippen molar-refractivity contribution in [1.82, 2.24) is 4.90 Å². The molecule has 0 bridgehead atoms. The number of nitrogens with zero attached hydrogens (tertiary/aromatic N) is 2. The fraction of sp³-hybridized carbons (Fsp3) is 0.625. The molecule has 0 radical (unpaired) electrons. The molecule has 0 heterocycles. The molecule has 0 aliphatic carbocycles. The van der Waals surface area contributed by atoms with E-state index < -0.39 is 0 Å². The third kappa shape index (κ3) is 10.4. The maximum absolute atomic E-state index is 6.07. The molecule has 29 heavy (non-hydrogen) atoms. The van der Waals surface area contributed by atoms with Crippen molar-refractivity contribution in [2.24, 2.45) is 5.16 Å². The molecule has 164 valence electrons. The number of allylic oxidation sites excluding steroid dienone is 1. The van der Waals surface area contributed by atoms with Crippen LogP contribution in [0.4, 0.5) is 0 Å². The Balaban J connectivity index is 2.28. The van der Waals surface area contributed by atoms with Gasteiger partial charge in [0, 0.05) is 6.54 Å². The molecule has 0 atom stereocenters. The lowest BCUT2D eigenvalue weighted by Crippen LogP contribution is -2.29. The molecule has 0 N–H and O–H groups in total. The maximum Gasteiger partial charge on any atom is 0.125 e. The number of hydrogen-bond acceptors (Lipinski definition) is 5.